The van der Waals surface area contributed by atoms with Crippen LogP contribution in [-0.2, 0) is 0 Å². The highest BCUT2D eigenvalue weighted by Crippen LogP contribution is 2.24. The molecule has 0 amide bonds. The number of rotatable bonds is 1. The van der Waals surface area contributed by atoms with E-state index in [9.17, 15) is 0 Å². The number of hydrogen-bond donors (Lipinski definition) is 2. The minimum absolute atomic E-state index is 0.549. The van der Waals surface area contributed by atoms with Crippen LogP contribution in [0.25, 0.3) is 0 Å². The van der Waals surface area contributed by atoms with E-state index in [4.69, 9.17) is 5.84 Å². The van der Waals surface area contributed by atoms with Crippen molar-refractivity contribution in [1.29, 1.82) is 0 Å². The Labute approximate surface area is 79.2 Å². The van der Waals surface area contributed by atoms with Gasteiger partial charge < -0.3 is 4.90 Å². The molecule has 4 nitrogen and oxygen atoms in total. The van der Waals surface area contributed by atoms with Crippen LogP contribution in [0.2, 0.25) is 0 Å². The van der Waals surface area contributed by atoms with Gasteiger partial charge in [0.1, 0.15) is 0 Å². The predicted octanol–water partition coefficient (Wildman–Crippen LogP) is 0.454. The molecule has 0 atom stereocenters. The zero-order valence-corrected chi connectivity index (χ0v) is 8.00. The second-order valence-corrected chi connectivity index (χ2v) is 3.88. The van der Waals surface area contributed by atoms with Crippen molar-refractivity contribution >= 4 is 5.96 Å². The van der Waals surface area contributed by atoms with Crippen LogP contribution < -0.4 is 11.3 Å². The van der Waals surface area contributed by atoms with Gasteiger partial charge in [-0.3, -0.25) is 5.43 Å². The Bertz CT molecular complexity index is 192. The highest BCUT2D eigenvalue weighted by Gasteiger charge is 2.23. The standard InChI is InChI=1S/C9H18N4/c10-12-9(11-8-4-5-8)13-6-2-1-3-7-13/h8H,1-7,10H2,(H,11,12). The molecule has 0 bridgehead atoms. The van der Waals surface area contributed by atoms with Crippen molar-refractivity contribution in [3.05, 3.63) is 0 Å². The van der Waals surface area contributed by atoms with Gasteiger partial charge in [0, 0.05) is 13.1 Å². The maximum absolute atomic E-state index is 5.46. The van der Waals surface area contributed by atoms with Crippen molar-refractivity contribution in [3.63, 3.8) is 0 Å². The summed E-state index contributed by atoms with van der Waals surface area (Å²) < 4.78 is 0. The molecule has 2 fully saturated rings. The molecule has 13 heavy (non-hydrogen) atoms. The molecule has 0 aromatic heterocycles. The Kier molecular flexibility index (Phi) is 2.68. The number of aliphatic imine (C=N–C) groups is 1. The molecule has 0 aromatic carbocycles. The fraction of sp³-hybridized carbons (Fsp3) is 0.889. The minimum atomic E-state index is 0.549. The molecule has 3 N–H and O–H groups in total. The molecule has 0 unspecified atom stereocenters. The molecule has 1 aliphatic carbocycles. The monoisotopic (exact) mass is 182 g/mol. The number of nitrogens with one attached hydrogen (secondary N) is 1. The van der Waals surface area contributed by atoms with Gasteiger partial charge in [0.25, 0.3) is 0 Å². The van der Waals surface area contributed by atoms with Crippen LogP contribution in [0, 0.1) is 0 Å². The van der Waals surface area contributed by atoms with Gasteiger partial charge in [0.05, 0.1) is 6.04 Å². The van der Waals surface area contributed by atoms with Crippen molar-refractivity contribution in [2.75, 3.05) is 13.1 Å². The fourth-order valence-corrected chi connectivity index (χ4v) is 1.69. The normalized spacial score (nSPS) is 24.7. The lowest BCUT2D eigenvalue weighted by atomic mass is 10.1. The van der Waals surface area contributed by atoms with Crippen molar-refractivity contribution in [2.24, 2.45) is 10.8 Å². The van der Waals surface area contributed by atoms with E-state index < -0.39 is 0 Å². The van der Waals surface area contributed by atoms with Gasteiger partial charge in [-0.05, 0) is 32.1 Å². The van der Waals surface area contributed by atoms with Crippen LogP contribution in [0.5, 0.6) is 0 Å². The summed E-state index contributed by atoms with van der Waals surface area (Å²) in [7, 11) is 0. The molecule has 4 heteroatoms. The van der Waals surface area contributed by atoms with Crippen LogP contribution in [0.4, 0.5) is 0 Å². The third-order valence-electron chi connectivity index (χ3n) is 2.64. The molecular formula is C9H18N4. The molecule has 1 aliphatic heterocycles. The van der Waals surface area contributed by atoms with Gasteiger partial charge in [-0.25, -0.2) is 10.8 Å². The van der Waals surface area contributed by atoms with Gasteiger partial charge in [-0.2, -0.15) is 0 Å². The summed E-state index contributed by atoms with van der Waals surface area (Å²) in [6, 6.07) is 0.549. The Hall–Kier alpha value is -0.770. The van der Waals surface area contributed by atoms with Gasteiger partial charge in [-0.1, -0.05) is 0 Å². The van der Waals surface area contributed by atoms with E-state index >= 15 is 0 Å². The van der Waals surface area contributed by atoms with Crippen LogP contribution in [-0.4, -0.2) is 30.0 Å². The largest absolute Gasteiger partial charge is 0.342 e. The average Bonchev–Trinajstić information content (AvgIpc) is 2.99. The first-order valence-corrected chi connectivity index (χ1v) is 5.19. The summed E-state index contributed by atoms with van der Waals surface area (Å²) in [6.07, 6.45) is 6.35. The molecule has 2 rings (SSSR count). The number of likely N-dealkylation sites (tertiary alicyclic amines) is 1. The zero-order valence-electron chi connectivity index (χ0n) is 8.00. The average molecular weight is 182 g/mol. The summed E-state index contributed by atoms with van der Waals surface area (Å²) in [5.74, 6) is 6.36. The molecular weight excluding hydrogens is 164 g/mol. The predicted molar refractivity (Wildman–Crippen MR) is 53.2 cm³/mol. The fourth-order valence-electron chi connectivity index (χ4n) is 1.69. The molecule has 0 radical (unpaired) electrons. The van der Waals surface area contributed by atoms with Gasteiger partial charge in [0.15, 0.2) is 0 Å². The first-order chi connectivity index (χ1) is 6.40. The van der Waals surface area contributed by atoms with E-state index in [1.807, 2.05) is 0 Å². The highest BCUT2D eigenvalue weighted by atomic mass is 15.4. The third kappa shape index (κ3) is 2.34. The first-order valence-electron chi connectivity index (χ1n) is 5.19. The Morgan fingerprint density at radius 2 is 1.92 bits per heavy atom. The Balaban J connectivity index is 1.93. The van der Waals surface area contributed by atoms with Crippen LogP contribution in [0.15, 0.2) is 4.99 Å². The van der Waals surface area contributed by atoms with E-state index in [1.54, 1.807) is 0 Å². The number of guanidine groups is 1. The van der Waals surface area contributed by atoms with Crippen molar-refractivity contribution in [2.45, 2.75) is 38.1 Å². The third-order valence-corrected chi connectivity index (χ3v) is 2.64. The number of nitrogens with zero attached hydrogens (tertiary/aromatic N) is 2. The molecule has 1 heterocycles. The van der Waals surface area contributed by atoms with Gasteiger partial charge in [0.2, 0.25) is 5.96 Å². The summed E-state index contributed by atoms with van der Waals surface area (Å²) >= 11 is 0. The summed E-state index contributed by atoms with van der Waals surface area (Å²) in [5.41, 5.74) is 2.72. The van der Waals surface area contributed by atoms with Crippen LogP contribution in [0.1, 0.15) is 32.1 Å². The second kappa shape index (κ2) is 3.96. The van der Waals surface area contributed by atoms with E-state index in [-0.39, 0.29) is 0 Å². The summed E-state index contributed by atoms with van der Waals surface area (Å²) in [5, 5.41) is 0. The number of hydrogen-bond acceptors (Lipinski definition) is 2. The highest BCUT2D eigenvalue weighted by molar-refractivity contribution is 5.79. The lowest BCUT2D eigenvalue weighted by Gasteiger charge is -2.29. The maximum atomic E-state index is 5.46. The first kappa shape index (κ1) is 8.81. The zero-order chi connectivity index (χ0) is 9.10. The van der Waals surface area contributed by atoms with E-state index in [1.165, 1.54) is 32.1 Å². The van der Waals surface area contributed by atoms with Crippen LogP contribution >= 0.6 is 0 Å². The number of hydrazine groups is 1. The van der Waals surface area contributed by atoms with E-state index in [2.05, 4.69) is 15.3 Å². The van der Waals surface area contributed by atoms with Crippen LogP contribution in [0.3, 0.4) is 0 Å². The Morgan fingerprint density at radius 1 is 1.23 bits per heavy atom. The molecule has 0 aromatic rings. The molecule has 1 saturated carbocycles. The number of piperidine rings is 1. The molecule has 74 valence electrons. The minimum Gasteiger partial charge on any atom is -0.342 e. The molecule has 2 aliphatic rings. The van der Waals surface area contributed by atoms with E-state index in [0.29, 0.717) is 6.04 Å². The lowest BCUT2D eigenvalue weighted by molar-refractivity contribution is 0.331. The smallest absolute Gasteiger partial charge is 0.208 e. The van der Waals surface area contributed by atoms with Gasteiger partial charge in [-0.15, -0.1) is 0 Å². The lowest BCUT2D eigenvalue weighted by Crippen LogP contribution is -2.47. The second-order valence-electron chi connectivity index (χ2n) is 3.88. The molecule has 0 spiro atoms. The number of nitrogens with two attached hydrogens (primary N) is 1. The SMILES string of the molecule is NNC(=NC1CC1)N1CCCCC1. The topological polar surface area (TPSA) is 53.6 Å². The van der Waals surface area contributed by atoms with Gasteiger partial charge >= 0.3 is 0 Å². The van der Waals surface area contributed by atoms with Crippen molar-refractivity contribution < 1.29 is 0 Å². The van der Waals surface area contributed by atoms with E-state index in [0.717, 1.165) is 19.0 Å². The summed E-state index contributed by atoms with van der Waals surface area (Å²) in [6.45, 7) is 2.21. The van der Waals surface area contributed by atoms with Crippen molar-refractivity contribution in [1.82, 2.24) is 10.3 Å². The maximum Gasteiger partial charge on any atom is 0.208 e. The van der Waals surface area contributed by atoms with Crippen molar-refractivity contribution in [3.8, 4) is 0 Å². The Morgan fingerprint density at radius 3 is 2.46 bits per heavy atom. The summed E-state index contributed by atoms with van der Waals surface area (Å²) in [4.78, 5) is 6.80. The quantitative estimate of drug-likeness (QED) is 0.268. The molecule has 1 saturated heterocycles.